The molecule has 0 atom stereocenters. The molecular formula is C13H19NO2S. The molecular weight excluding hydrogens is 234 g/mol. The molecule has 1 aliphatic carbocycles. The molecule has 1 N–H and O–H groups in total. The summed E-state index contributed by atoms with van der Waals surface area (Å²) in [5, 5.41) is 10.9. The summed E-state index contributed by atoms with van der Waals surface area (Å²) in [6.45, 7) is 2.81. The summed E-state index contributed by atoms with van der Waals surface area (Å²) < 4.78 is 0. The van der Waals surface area contributed by atoms with Crippen LogP contribution in [0.15, 0.2) is 11.4 Å². The molecule has 1 amide bonds. The number of rotatable bonds is 5. The first-order chi connectivity index (χ1) is 8.24. The van der Waals surface area contributed by atoms with E-state index in [0.29, 0.717) is 19.0 Å². The Morgan fingerprint density at radius 1 is 1.59 bits per heavy atom. The molecule has 17 heavy (non-hydrogen) atoms. The second-order valence-corrected chi connectivity index (χ2v) is 5.51. The van der Waals surface area contributed by atoms with Gasteiger partial charge in [-0.05, 0) is 49.6 Å². The number of aliphatic hydroxyl groups excluding tert-OH is 1. The van der Waals surface area contributed by atoms with Crippen molar-refractivity contribution in [2.45, 2.75) is 38.6 Å². The van der Waals surface area contributed by atoms with E-state index in [4.69, 9.17) is 5.11 Å². The Hall–Kier alpha value is -0.870. The van der Waals surface area contributed by atoms with Crippen LogP contribution in [0.2, 0.25) is 0 Å². The van der Waals surface area contributed by atoms with Gasteiger partial charge in [0.15, 0.2) is 0 Å². The van der Waals surface area contributed by atoms with Crippen LogP contribution in [0.5, 0.6) is 0 Å². The van der Waals surface area contributed by atoms with Gasteiger partial charge in [0.1, 0.15) is 0 Å². The SMILES string of the molecule is Cc1ccsc1C(=O)N(CCCO)C1CCC1. The summed E-state index contributed by atoms with van der Waals surface area (Å²) in [5.74, 6) is 0.149. The van der Waals surface area contributed by atoms with E-state index in [1.54, 1.807) is 0 Å². The van der Waals surface area contributed by atoms with Crippen LogP contribution in [-0.4, -0.2) is 35.1 Å². The number of hydrogen-bond acceptors (Lipinski definition) is 3. The Labute approximate surface area is 106 Å². The van der Waals surface area contributed by atoms with E-state index in [-0.39, 0.29) is 12.5 Å². The van der Waals surface area contributed by atoms with Crippen molar-refractivity contribution in [3.8, 4) is 0 Å². The van der Waals surface area contributed by atoms with E-state index in [9.17, 15) is 4.79 Å². The average Bonchev–Trinajstić information content (AvgIpc) is 2.67. The van der Waals surface area contributed by atoms with Gasteiger partial charge in [0.25, 0.3) is 5.91 Å². The molecule has 0 unspecified atom stereocenters. The van der Waals surface area contributed by atoms with Crippen molar-refractivity contribution in [2.24, 2.45) is 0 Å². The molecule has 1 aromatic heterocycles. The molecule has 0 saturated heterocycles. The maximum atomic E-state index is 12.4. The standard InChI is InChI=1S/C13H19NO2S/c1-10-6-9-17-12(10)13(16)14(7-3-8-15)11-4-2-5-11/h6,9,11,15H,2-5,7-8H2,1H3. The van der Waals surface area contributed by atoms with E-state index in [1.165, 1.54) is 17.8 Å². The van der Waals surface area contributed by atoms with Crippen LogP contribution in [0.25, 0.3) is 0 Å². The highest BCUT2D eigenvalue weighted by Gasteiger charge is 2.29. The minimum atomic E-state index is 0.149. The number of amides is 1. The number of carbonyl (C=O) groups is 1. The maximum Gasteiger partial charge on any atom is 0.264 e. The number of thiophene rings is 1. The lowest BCUT2D eigenvalue weighted by atomic mass is 9.91. The number of nitrogens with zero attached hydrogens (tertiary/aromatic N) is 1. The summed E-state index contributed by atoms with van der Waals surface area (Å²) in [6, 6.07) is 2.39. The van der Waals surface area contributed by atoms with E-state index in [1.807, 2.05) is 23.3 Å². The average molecular weight is 253 g/mol. The number of hydrogen-bond donors (Lipinski definition) is 1. The van der Waals surface area contributed by atoms with Gasteiger partial charge in [-0.25, -0.2) is 0 Å². The molecule has 1 aromatic rings. The van der Waals surface area contributed by atoms with Gasteiger partial charge in [0, 0.05) is 19.2 Å². The molecule has 0 bridgehead atoms. The van der Waals surface area contributed by atoms with E-state index in [0.717, 1.165) is 23.3 Å². The summed E-state index contributed by atoms with van der Waals surface area (Å²) >= 11 is 1.52. The van der Waals surface area contributed by atoms with E-state index < -0.39 is 0 Å². The van der Waals surface area contributed by atoms with Crippen molar-refractivity contribution in [3.05, 3.63) is 21.9 Å². The van der Waals surface area contributed by atoms with Crippen LogP contribution < -0.4 is 0 Å². The Balaban J connectivity index is 2.09. The molecule has 0 aromatic carbocycles. The second-order valence-electron chi connectivity index (χ2n) is 4.59. The Kier molecular flexibility index (Phi) is 4.18. The molecule has 2 rings (SSSR count). The molecule has 3 nitrogen and oxygen atoms in total. The van der Waals surface area contributed by atoms with Crippen molar-refractivity contribution in [1.82, 2.24) is 4.90 Å². The fourth-order valence-corrected chi connectivity index (χ4v) is 2.99. The fraction of sp³-hybridized carbons (Fsp3) is 0.615. The largest absolute Gasteiger partial charge is 0.396 e. The molecule has 4 heteroatoms. The van der Waals surface area contributed by atoms with Crippen LogP contribution in [0.4, 0.5) is 0 Å². The summed E-state index contributed by atoms with van der Waals surface area (Å²) in [7, 11) is 0. The first-order valence-electron chi connectivity index (χ1n) is 6.20. The fourth-order valence-electron chi connectivity index (χ4n) is 2.11. The molecule has 1 heterocycles. The van der Waals surface area contributed by atoms with Crippen molar-refractivity contribution in [1.29, 1.82) is 0 Å². The van der Waals surface area contributed by atoms with Gasteiger partial charge >= 0.3 is 0 Å². The molecule has 1 saturated carbocycles. The lowest BCUT2D eigenvalue weighted by molar-refractivity contribution is 0.0567. The Bertz CT molecular complexity index is 385. The van der Waals surface area contributed by atoms with E-state index >= 15 is 0 Å². The zero-order chi connectivity index (χ0) is 12.3. The first-order valence-corrected chi connectivity index (χ1v) is 7.08. The minimum Gasteiger partial charge on any atom is -0.396 e. The highest BCUT2D eigenvalue weighted by Crippen LogP contribution is 2.28. The number of aliphatic hydroxyl groups is 1. The third kappa shape index (κ3) is 2.69. The zero-order valence-electron chi connectivity index (χ0n) is 10.2. The lowest BCUT2D eigenvalue weighted by Gasteiger charge is -2.37. The normalized spacial score (nSPS) is 15.6. The van der Waals surface area contributed by atoms with Gasteiger partial charge in [-0.15, -0.1) is 11.3 Å². The maximum absolute atomic E-state index is 12.4. The van der Waals surface area contributed by atoms with Crippen LogP contribution in [0, 0.1) is 6.92 Å². The smallest absolute Gasteiger partial charge is 0.264 e. The van der Waals surface area contributed by atoms with Crippen molar-refractivity contribution >= 4 is 17.2 Å². The van der Waals surface area contributed by atoms with Gasteiger partial charge < -0.3 is 10.0 Å². The lowest BCUT2D eigenvalue weighted by Crippen LogP contribution is -2.44. The van der Waals surface area contributed by atoms with E-state index in [2.05, 4.69) is 0 Å². The van der Waals surface area contributed by atoms with Gasteiger partial charge in [0.2, 0.25) is 0 Å². The minimum absolute atomic E-state index is 0.149. The predicted molar refractivity (Wildman–Crippen MR) is 69.4 cm³/mol. The summed E-state index contributed by atoms with van der Waals surface area (Å²) in [6.07, 6.45) is 4.12. The predicted octanol–water partition coefficient (Wildman–Crippen LogP) is 2.43. The summed E-state index contributed by atoms with van der Waals surface area (Å²) in [4.78, 5) is 15.2. The third-order valence-electron chi connectivity index (χ3n) is 3.39. The van der Waals surface area contributed by atoms with Crippen molar-refractivity contribution in [2.75, 3.05) is 13.2 Å². The quantitative estimate of drug-likeness (QED) is 0.875. The van der Waals surface area contributed by atoms with Gasteiger partial charge in [-0.1, -0.05) is 0 Å². The molecule has 1 fully saturated rings. The van der Waals surface area contributed by atoms with Crippen LogP contribution in [0.1, 0.15) is 40.9 Å². The Morgan fingerprint density at radius 3 is 2.82 bits per heavy atom. The summed E-state index contributed by atoms with van der Waals surface area (Å²) in [5.41, 5.74) is 1.06. The second kappa shape index (κ2) is 5.65. The Morgan fingerprint density at radius 2 is 2.35 bits per heavy atom. The highest BCUT2D eigenvalue weighted by molar-refractivity contribution is 7.12. The molecule has 0 aliphatic heterocycles. The van der Waals surface area contributed by atoms with Gasteiger partial charge in [-0.2, -0.15) is 0 Å². The highest BCUT2D eigenvalue weighted by atomic mass is 32.1. The topological polar surface area (TPSA) is 40.5 Å². The number of aryl methyl sites for hydroxylation is 1. The number of carbonyl (C=O) groups excluding carboxylic acids is 1. The molecule has 94 valence electrons. The zero-order valence-corrected chi connectivity index (χ0v) is 11.0. The van der Waals surface area contributed by atoms with Crippen LogP contribution in [-0.2, 0) is 0 Å². The van der Waals surface area contributed by atoms with Gasteiger partial charge in [0.05, 0.1) is 4.88 Å². The molecule has 0 spiro atoms. The molecule has 1 aliphatic rings. The molecule has 0 radical (unpaired) electrons. The monoisotopic (exact) mass is 253 g/mol. The van der Waals surface area contributed by atoms with Crippen molar-refractivity contribution in [3.63, 3.8) is 0 Å². The van der Waals surface area contributed by atoms with Crippen molar-refractivity contribution < 1.29 is 9.90 Å². The van der Waals surface area contributed by atoms with Gasteiger partial charge in [-0.3, -0.25) is 4.79 Å². The third-order valence-corrected chi connectivity index (χ3v) is 4.39. The first kappa shape index (κ1) is 12.6. The van der Waals surface area contributed by atoms with Crippen LogP contribution in [0.3, 0.4) is 0 Å². The van der Waals surface area contributed by atoms with Crippen LogP contribution >= 0.6 is 11.3 Å².